The van der Waals surface area contributed by atoms with E-state index in [9.17, 15) is 0 Å². The Bertz CT molecular complexity index is 2410. The third-order valence-electron chi connectivity index (χ3n) is 10.1. The number of fused-ring (bicyclic) bond motifs is 4. The Kier molecular flexibility index (Phi) is 14.5. The fourth-order valence-electron chi connectivity index (χ4n) is 7.48. The molecule has 6 aromatic rings. The summed E-state index contributed by atoms with van der Waals surface area (Å²) in [7, 11) is 0. The van der Waals surface area contributed by atoms with Crippen LogP contribution in [0, 0.1) is 12.8 Å². The average Bonchev–Trinajstić information content (AvgIpc) is 3.81. The van der Waals surface area contributed by atoms with Crippen molar-refractivity contribution < 1.29 is 48.1 Å². The van der Waals surface area contributed by atoms with E-state index in [2.05, 4.69) is 219 Å². The molecule has 0 nitrogen and oxygen atoms in total. The van der Waals surface area contributed by atoms with Crippen molar-refractivity contribution in [3.8, 4) is 0 Å². The van der Waals surface area contributed by atoms with Gasteiger partial charge in [-0.3, -0.25) is 0 Å². The molecule has 0 spiro atoms. The second kappa shape index (κ2) is 19.9. The van der Waals surface area contributed by atoms with Gasteiger partial charge in [0.15, 0.2) is 0 Å². The van der Waals surface area contributed by atoms with Crippen LogP contribution < -0.4 is 35.2 Å². The standard InChI is InChI=1S/2C20H15.C12H10Si.2ClH.Zr/c2*1-3-11-17-15(7-1)10-6-14-20(17)19-12-4-2-8-16-9-5-13-18(16)19;1-3-7-11(8-4-1)13-12-9-5-2-6-10-12;;;/h2*1-4,6-14H,5H2;1-10H;2*1H;/q2*-1;;;;+2/p-2. The minimum absolute atomic E-state index is 0. The predicted octanol–water partition coefficient (Wildman–Crippen LogP) is 5.85. The summed E-state index contributed by atoms with van der Waals surface area (Å²) in [5.74, 6) is 0. The molecule has 0 saturated heterocycles. The first-order valence-electron chi connectivity index (χ1n) is 18.7. The van der Waals surface area contributed by atoms with E-state index in [1.807, 2.05) is 0 Å². The Balaban J connectivity index is 0.000000142. The van der Waals surface area contributed by atoms with Gasteiger partial charge in [0.25, 0.3) is 0 Å². The first kappa shape index (κ1) is 40.8. The molecule has 56 heavy (non-hydrogen) atoms. The number of hydrogen-bond donors (Lipinski definition) is 0. The van der Waals surface area contributed by atoms with E-state index in [-0.39, 0.29) is 24.8 Å². The van der Waals surface area contributed by atoms with Crippen LogP contribution in [0.15, 0.2) is 229 Å². The van der Waals surface area contributed by atoms with Gasteiger partial charge in [0.1, 0.15) is 0 Å². The van der Waals surface area contributed by atoms with Crippen molar-refractivity contribution in [3.63, 3.8) is 0 Å². The normalized spacial score (nSPS) is 14.5. The summed E-state index contributed by atoms with van der Waals surface area (Å²) < 4.78 is 0. The second-order valence-electron chi connectivity index (χ2n) is 13.5. The van der Waals surface area contributed by atoms with Crippen molar-refractivity contribution in [2.45, 2.75) is 12.8 Å². The molecule has 0 bridgehead atoms. The molecule has 0 atom stereocenters. The summed E-state index contributed by atoms with van der Waals surface area (Å²) in [5, 5.41) is 8.27. The quantitative estimate of drug-likeness (QED) is 0.154. The van der Waals surface area contributed by atoms with Gasteiger partial charge in [0, 0.05) is 0 Å². The molecular weight excluding hydrogens is 815 g/mol. The van der Waals surface area contributed by atoms with Crippen LogP contribution in [-0.4, -0.2) is 5.43 Å². The van der Waals surface area contributed by atoms with Crippen molar-refractivity contribution >= 4 is 48.5 Å². The molecule has 0 unspecified atom stereocenters. The molecule has 4 heteroatoms. The summed E-state index contributed by atoms with van der Waals surface area (Å²) in [6.45, 7) is 0. The van der Waals surface area contributed by atoms with Crippen LogP contribution in [0.2, 0.25) is 0 Å². The number of allylic oxidation sites excluding steroid dienone is 16. The molecule has 0 aromatic heterocycles. The van der Waals surface area contributed by atoms with E-state index < -0.39 is 5.43 Å². The first-order valence-corrected chi connectivity index (χ1v) is 23.8. The van der Waals surface area contributed by atoms with E-state index in [4.69, 9.17) is 0 Å². The zero-order chi connectivity index (χ0) is 36.5. The van der Waals surface area contributed by atoms with E-state index in [1.54, 1.807) is 23.3 Å². The fourth-order valence-corrected chi connectivity index (χ4v) is 11.3. The molecule has 10 rings (SSSR count). The molecular formula is C52H40Cl2SiZr-2. The second-order valence-corrected chi connectivity index (χ2v) is 19.0. The van der Waals surface area contributed by atoms with Gasteiger partial charge < -0.3 is 24.8 Å². The molecule has 0 radical (unpaired) electrons. The van der Waals surface area contributed by atoms with Gasteiger partial charge in [-0.05, 0) is 32.7 Å². The Morgan fingerprint density at radius 1 is 0.393 bits per heavy atom. The molecule has 0 aliphatic heterocycles. The molecule has 0 heterocycles. The van der Waals surface area contributed by atoms with Crippen molar-refractivity contribution in [2.24, 2.45) is 0 Å². The number of benzene rings is 6. The number of halogens is 2. The van der Waals surface area contributed by atoms with Gasteiger partial charge >= 0.3 is 99.8 Å². The Labute approximate surface area is 359 Å². The van der Waals surface area contributed by atoms with Gasteiger partial charge in [-0.25, -0.2) is 0 Å². The molecule has 4 aliphatic rings. The van der Waals surface area contributed by atoms with Crippen LogP contribution >= 0.6 is 0 Å². The molecule has 0 amide bonds. The topological polar surface area (TPSA) is 0 Å². The van der Waals surface area contributed by atoms with Crippen LogP contribution in [0.3, 0.4) is 0 Å². The summed E-state index contributed by atoms with van der Waals surface area (Å²) >= 11 is 1.64. The average molecular weight is 855 g/mol. The van der Waals surface area contributed by atoms with Gasteiger partial charge in [-0.15, -0.1) is 35.5 Å². The van der Waals surface area contributed by atoms with Gasteiger partial charge in [-0.1, -0.05) is 133 Å². The molecule has 0 saturated carbocycles. The van der Waals surface area contributed by atoms with E-state index in [1.165, 1.54) is 76.5 Å². The Morgan fingerprint density at radius 2 is 0.768 bits per heavy atom. The van der Waals surface area contributed by atoms with Crippen LogP contribution in [0.5, 0.6) is 0 Å². The summed E-state index contributed by atoms with van der Waals surface area (Å²) in [5.41, 5.74) is 10.3. The molecule has 272 valence electrons. The van der Waals surface area contributed by atoms with Crippen LogP contribution in [0.25, 0.3) is 32.7 Å². The van der Waals surface area contributed by atoms with Crippen molar-refractivity contribution in [1.29, 1.82) is 0 Å². The molecule has 0 N–H and O–H groups in total. The zero-order valence-corrected chi connectivity index (χ0v) is 35.9. The summed E-state index contributed by atoms with van der Waals surface area (Å²) in [6.07, 6.45) is 28.7. The molecule has 6 aromatic carbocycles. The Hall–Kier alpha value is -4.82. The SMILES string of the molecule is C1=CC=C(c2cccc3ccccc23)C2=CC[CH-]C2=C1.C1=CC=C(c2cccc3ccccc23)C2=CC[CH-]C2=C1.[Cl-].[Cl-].[Zr+2]=[Si](c1ccccc1)c1ccccc1. The van der Waals surface area contributed by atoms with Crippen LogP contribution in [-0.2, 0) is 23.3 Å². The maximum absolute atomic E-state index is 2.33. The van der Waals surface area contributed by atoms with E-state index in [0.29, 0.717) is 0 Å². The van der Waals surface area contributed by atoms with Crippen LogP contribution in [0.1, 0.15) is 24.0 Å². The van der Waals surface area contributed by atoms with Gasteiger partial charge in [0.05, 0.1) is 0 Å². The third kappa shape index (κ3) is 9.24. The predicted molar refractivity (Wildman–Crippen MR) is 230 cm³/mol. The van der Waals surface area contributed by atoms with Crippen LogP contribution in [0.4, 0.5) is 0 Å². The number of hydrogen-bond acceptors (Lipinski definition) is 0. The Morgan fingerprint density at radius 3 is 1.21 bits per heavy atom. The van der Waals surface area contributed by atoms with E-state index in [0.717, 1.165) is 12.8 Å². The van der Waals surface area contributed by atoms with E-state index >= 15 is 0 Å². The van der Waals surface area contributed by atoms with Gasteiger partial charge in [0.2, 0.25) is 0 Å². The van der Waals surface area contributed by atoms with Crippen molar-refractivity contribution in [1.82, 2.24) is 0 Å². The summed E-state index contributed by atoms with van der Waals surface area (Å²) in [4.78, 5) is 0. The van der Waals surface area contributed by atoms with Crippen molar-refractivity contribution in [3.05, 3.63) is 253 Å². The fraction of sp³-hybridized carbons (Fsp3) is 0.0385. The first-order chi connectivity index (χ1) is 26.7. The zero-order valence-electron chi connectivity index (χ0n) is 31.0. The maximum atomic E-state index is 2.33. The third-order valence-corrected chi connectivity index (χ3v) is 16.2. The van der Waals surface area contributed by atoms with Crippen molar-refractivity contribution in [2.75, 3.05) is 0 Å². The number of rotatable bonds is 4. The monoisotopic (exact) mass is 852 g/mol. The molecule has 4 aliphatic carbocycles. The molecule has 0 fully saturated rings. The minimum atomic E-state index is -0.455. The summed E-state index contributed by atoms with van der Waals surface area (Å²) in [6, 6.07) is 52.0. The van der Waals surface area contributed by atoms with Gasteiger partial charge in [-0.2, -0.15) is 36.1 Å².